The molecule has 38 heavy (non-hydrogen) atoms. The number of carbonyl (C=O) groups excluding carboxylic acids is 2. The molecule has 1 unspecified atom stereocenters. The molecule has 0 radical (unpaired) electrons. The largest absolute Gasteiger partial charge is 0.497 e. The van der Waals surface area contributed by atoms with Gasteiger partial charge in [-0.15, -0.1) is 0 Å². The highest BCUT2D eigenvalue weighted by Crippen LogP contribution is 2.33. The highest BCUT2D eigenvalue weighted by atomic mass is 32.2. The van der Waals surface area contributed by atoms with Gasteiger partial charge in [0.25, 0.3) is 0 Å². The van der Waals surface area contributed by atoms with E-state index in [0.717, 1.165) is 16.1 Å². The summed E-state index contributed by atoms with van der Waals surface area (Å²) >= 11 is 0. The maximum Gasteiger partial charge on any atom is 0.244 e. The lowest BCUT2D eigenvalue weighted by atomic mass is 10.1. The van der Waals surface area contributed by atoms with Crippen molar-refractivity contribution in [2.75, 3.05) is 45.0 Å². The van der Waals surface area contributed by atoms with Gasteiger partial charge in [0.1, 0.15) is 29.8 Å². The SMILES string of the molecule is CCC(C(=O)NCC(C)C)N(Cc1cccc(OC)c1)C(=O)CN(c1ccc(OC)cc1OC)S(C)(=O)=O. The Bertz CT molecular complexity index is 1200. The van der Waals surface area contributed by atoms with Crippen LogP contribution >= 0.6 is 0 Å². The summed E-state index contributed by atoms with van der Waals surface area (Å²) < 4.78 is 42.7. The van der Waals surface area contributed by atoms with Crippen LogP contribution in [0.15, 0.2) is 42.5 Å². The van der Waals surface area contributed by atoms with Gasteiger partial charge < -0.3 is 24.4 Å². The van der Waals surface area contributed by atoms with Crippen LogP contribution in [0.2, 0.25) is 0 Å². The molecule has 0 aliphatic heterocycles. The van der Waals surface area contributed by atoms with E-state index in [4.69, 9.17) is 14.2 Å². The van der Waals surface area contributed by atoms with E-state index in [0.29, 0.717) is 24.5 Å². The Labute approximate surface area is 225 Å². The van der Waals surface area contributed by atoms with Crippen LogP contribution in [0.1, 0.15) is 32.8 Å². The second-order valence-electron chi connectivity index (χ2n) is 9.24. The summed E-state index contributed by atoms with van der Waals surface area (Å²) in [5.41, 5.74) is 0.920. The zero-order valence-corrected chi connectivity index (χ0v) is 24.0. The summed E-state index contributed by atoms with van der Waals surface area (Å²) in [5.74, 6) is 0.685. The number of anilines is 1. The normalized spacial score (nSPS) is 12.0. The maximum absolute atomic E-state index is 13.8. The lowest BCUT2D eigenvalue weighted by molar-refractivity contribution is -0.140. The molecule has 0 aliphatic carbocycles. The summed E-state index contributed by atoms with van der Waals surface area (Å²) in [6.45, 7) is 5.78. The Balaban J connectivity index is 2.51. The number of ether oxygens (including phenoxy) is 3. The molecule has 0 fully saturated rings. The number of hydrogen-bond donors (Lipinski definition) is 1. The third-order valence-electron chi connectivity index (χ3n) is 5.89. The quantitative estimate of drug-likeness (QED) is 0.385. The average Bonchev–Trinajstić information content (AvgIpc) is 2.89. The summed E-state index contributed by atoms with van der Waals surface area (Å²) in [6, 6.07) is 11.0. The smallest absolute Gasteiger partial charge is 0.244 e. The number of sulfonamides is 1. The van der Waals surface area contributed by atoms with Crippen LogP contribution in [-0.4, -0.2) is 71.8 Å². The first-order valence-electron chi connectivity index (χ1n) is 12.3. The molecule has 1 N–H and O–H groups in total. The van der Waals surface area contributed by atoms with Gasteiger partial charge in [-0.25, -0.2) is 8.42 Å². The van der Waals surface area contributed by atoms with Gasteiger partial charge in [0.15, 0.2) is 0 Å². The highest BCUT2D eigenvalue weighted by molar-refractivity contribution is 7.92. The fourth-order valence-corrected chi connectivity index (χ4v) is 4.75. The van der Waals surface area contributed by atoms with Crippen LogP contribution in [0.4, 0.5) is 5.69 Å². The molecule has 2 aromatic carbocycles. The molecule has 11 heteroatoms. The van der Waals surface area contributed by atoms with E-state index in [2.05, 4.69) is 5.32 Å². The molecule has 2 rings (SSSR count). The monoisotopic (exact) mass is 549 g/mol. The lowest BCUT2D eigenvalue weighted by Gasteiger charge is -2.33. The minimum absolute atomic E-state index is 0.0843. The second kappa shape index (κ2) is 13.9. The molecule has 210 valence electrons. The molecule has 1 atom stereocenters. The first-order chi connectivity index (χ1) is 17.9. The number of amides is 2. The van der Waals surface area contributed by atoms with Crippen molar-refractivity contribution in [3.8, 4) is 17.2 Å². The summed E-state index contributed by atoms with van der Waals surface area (Å²) in [4.78, 5) is 28.4. The van der Waals surface area contributed by atoms with E-state index in [-0.39, 0.29) is 29.8 Å². The van der Waals surface area contributed by atoms with Crippen molar-refractivity contribution in [3.63, 3.8) is 0 Å². The summed E-state index contributed by atoms with van der Waals surface area (Å²) in [5, 5.41) is 2.90. The third kappa shape index (κ3) is 8.27. The Hall–Kier alpha value is -3.47. The van der Waals surface area contributed by atoms with E-state index in [9.17, 15) is 18.0 Å². The Morgan fingerprint density at radius 3 is 2.18 bits per heavy atom. The third-order valence-corrected chi connectivity index (χ3v) is 7.02. The van der Waals surface area contributed by atoms with Crippen LogP contribution in [0.25, 0.3) is 0 Å². The zero-order chi connectivity index (χ0) is 28.5. The van der Waals surface area contributed by atoms with Gasteiger partial charge in [0.05, 0.1) is 33.3 Å². The predicted molar refractivity (Wildman–Crippen MR) is 147 cm³/mol. The van der Waals surface area contributed by atoms with Crippen LogP contribution in [0.5, 0.6) is 17.2 Å². The number of carbonyl (C=O) groups is 2. The maximum atomic E-state index is 13.8. The van der Waals surface area contributed by atoms with Gasteiger partial charge in [-0.2, -0.15) is 0 Å². The number of nitrogens with zero attached hydrogens (tertiary/aromatic N) is 2. The number of rotatable bonds is 14. The molecule has 0 bridgehead atoms. The van der Waals surface area contributed by atoms with Gasteiger partial charge in [-0.3, -0.25) is 13.9 Å². The van der Waals surface area contributed by atoms with Crippen molar-refractivity contribution in [1.82, 2.24) is 10.2 Å². The van der Waals surface area contributed by atoms with Gasteiger partial charge in [0, 0.05) is 19.2 Å². The molecule has 0 saturated heterocycles. The molecule has 0 spiro atoms. The van der Waals surface area contributed by atoms with Gasteiger partial charge in [0.2, 0.25) is 21.8 Å². The number of benzene rings is 2. The summed E-state index contributed by atoms with van der Waals surface area (Å²) in [6.07, 6.45) is 1.35. The Morgan fingerprint density at radius 2 is 1.63 bits per heavy atom. The Morgan fingerprint density at radius 1 is 0.974 bits per heavy atom. The molecule has 0 saturated carbocycles. The predicted octanol–water partition coefficient (Wildman–Crippen LogP) is 3.06. The van der Waals surface area contributed by atoms with Crippen molar-refractivity contribution in [2.45, 2.75) is 39.8 Å². The molecule has 0 aromatic heterocycles. The molecule has 0 aliphatic rings. The first kappa shape index (κ1) is 30.8. The van der Waals surface area contributed by atoms with E-state index in [1.54, 1.807) is 37.4 Å². The van der Waals surface area contributed by atoms with E-state index >= 15 is 0 Å². The molecular weight excluding hydrogens is 510 g/mol. The Kier molecular flexibility index (Phi) is 11.2. The van der Waals surface area contributed by atoms with Crippen molar-refractivity contribution in [1.29, 1.82) is 0 Å². The minimum Gasteiger partial charge on any atom is -0.497 e. The average molecular weight is 550 g/mol. The van der Waals surface area contributed by atoms with Crippen LogP contribution in [0, 0.1) is 5.92 Å². The van der Waals surface area contributed by atoms with Crippen molar-refractivity contribution < 1.29 is 32.2 Å². The van der Waals surface area contributed by atoms with Crippen LogP contribution < -0.4 is 23.8 Å². The van der Waals surface area contributed by atoms with Gasteiger partial charge in [-0.1, -0.05) is 32.9 Å². The minimum atomic E-state index is -3.91. The van der Waals surface area contributed by atoms with Crippen molar-refractivity contribution >= 4 is 27.5 Å². The van der Waals surface area contributed by atoms with E-state index in [1.807, 2.05) is 26.8 Å². The van der Waals surface area contributed by atoms with Gasteiger partial charge >= 0.3 is 0 Å². The zero-order valence-electron chi connectivity index (χ0n) is 23.2. The van der Waals surface area contributed by atoms with E-state index < -0.39 is 28.5 Å². The number of methoxy groups -OCH3 is 3. The fourth-order valence-electron chi connectivity index (χ4n) is 3.90. The molecule has 2 amide bonds. The van der Waals surface area contributed by atoms with Crippen LogP contribution in [0.3, 0.4) is 0 Å². The standard InChI is InChI=1S/C27H39N3O7S/c1-8-23(27(32)28-16-19(2)3)29(17-20-10-9-11-21(14-20)35-4)26(31)18-30(38(7,33)34)24-13-12-22(36-5)15-25(24)37-6/h9-15,19,23H,8,16-18H2,1-7H3,(H,28,32). The molecule has 2 aromatic rings. The van der Waals surface area contributed by atoms with Crippen LogP contribution in [-0.2, 0) is 26.2 Å². The van der Waals surface area contributed by atoms with Crippen molar-refractivity contribution in [2.24, 2.45) is 5.92 Å². The van der Waals surface area contributed by atoms with Crippen molar-refractivity contribution in [3.05, 3.63) is 48.0 Å². The highest BCUT2D eigenvalue weighted by Gasteiger charge is 2.32. The lowest BCUT2D eigenvalue weighted by Crippen LogP contribution is -2.52. The second-order valence-corrected chi connectivity index (χ2v) is 11.2. The summed E-state index contributed by atoms with van der Waals surface area (Å²) in [7, 11) is 0.521. The first-order valence-corrected chi connectivity index (χ1v) is 14.2. The number of nitrogens with one attached hydrogen (secondary N) is 1. The van der Waals surface area contributed by atoms with Gasteiger partial charge in [-0.05, 0) is 42.2 Å². The topological polar surface area (TPSA) is 114 Å². The number of hydrogen-bond acceptors (Lipinski definition) is 7. The fraction of sp³-hybridized carbons (Fsp3) is 0.481. The molecule has 0 heterocycles. The molecule has 10 nitrogen and oxygen atoms in total. The van der Waals surface area contributed by atoms with E-state index in [1.165, 1.54) is 25.2 Å². The molecular formula is C27H39N3O7S.